The highest BCUT2D eigenvalue weighted by molar-refractivity contribution is 5.58. The van der Waals surface area contributed by atoms with E-state index < -0.39 is 0 Å². The van der Waals surface area contributed by atoms with Crippen molar-refractivity contribution < 1.29 is 0 Å². The quantitative estimate of drug-likeness (QED) is 0.820. The van der Waals surface area contributed by atoms with E-state index in [1.807, 2.05) is 30.3 Å². The van der Waals surface area contributed by atoms with Gasteiger partial charge in [-0.1, -0.05) is 0 Å². The first-order valence-corrected chi connectivity index (χ1v) is 6.12. The molecule has 1 heterocycles. The first-order valence-electron chi connectivity index (χ1n) is 6.12. The molecule has 1 atom stereocenters. The van der Waals surface area contributed by atoms with E-state index >= 15 is 0 Å². The molecule has 0 spiro atoms. The Hall–Kier alpha value is -2.54. The molecule has 0 amide bonds. The lowest BCUT2D eigenvalue weighted by molar-refractivity contribution is 0.880. The number of anilines is 2. The molecule has 0 aliphatic heterocycles. The van der Waals surface area contributed by atoms with Crippen molar-refractivity contribution in [1.29, 1.82) is 5.26 Å². The Morgan fingerprint density at radius 2 is 2.05 bits per heavy atom. The maximum absolute atomic E-state index is 8.76. The summed E-state index contributed by atoms with van der Waals surface area (Å²) in [6.45, 7) is 2.08. The number of nitrogens with two attached hydrogens (primary N) is 1. The van der Waals surface area contributed by atoms with Gasteiger partial charge in [0.05, 0.1) is 12.5 Å². The Bertz CT molecular complexity index is 587. The fourth-order valence-corrected chi connectivity index (χ4v) is 1.92. The number of rotatable bonds is 4. The van der Waals surface area contributed by atoms with Crippen LogP contribution in [0.3, 0.4) is 0 Å². The van der Waals surface area contributed by atoms with Gasteiger partial charge in [0, 0.05) is 29.8 Å². The Morgan fingerprint density at radius 1 is 1.32 bits per heavy atom. The number of nitrogens with zero attached hydrogens (tertiary/aromatic N) is 2. The molecular formula is C15H16N4. The highest BCUT2D eigenvalue weighted by Crippen LogP contribution is 2.22. The molecule has 0 saturated carbocycles. The van der Waals surface area contributed by atoms with Crippen LogP contribution < -0.4 is 11.1 Å². The number of nitrogen functional groups attached to an aromatic ring is 1. The van der Waals surface area contributed by atoms with Crippen molar-refractivity contribution in [1.82, 2.24) is 4.98 Å². The van der Waals surface area contributed by atoms with E-state index in [1.165, 1.54) is 0 Å². The lowest BCUT2D eigenvalue weighted by Crippen LogP contribution is -2.07. The van der Waals surface area contributed by atoms with Crippen LogP contribution in [-0.4, -0.2) is 4.98 Å². The number of hydrogen-bond donors (Lipinski definition) is 2. The molecule has 0 bridgehead atoms. The number of nitriles is 1. The highest BCUT2D eigenvalue weighted by atomic mass is 14.9. The molecule has 19 heavy (non-hydrogen) atoms. The van der Waals surface area contributed by atoms with Crippen molar-refractivity contribution in [2.75, 3.05) is 11.1 Å². The molecule has 0 aliphatic rings. The van der Waals surface area contributed by atoms with Gasteiger partial charge in [-0.15, -0.1) is 0 Å². The van der Waals surface area contributed by atoms with Gasteiger partial charge in [-0.25, -0.2) is 0 Å². The second-order valence-corrected chi connectivity index (χ2v) is 4.40. The van der Waals surface area contributed by atoms with Gasteiger partial charge in [0.1, 0.15) is 0 Å². The van der Waals surface area contributed by atoms with Gasteiger partial charge < -0.3 is 11.1 Å². The first kappa shape index (κ1) is 12.9. The van der Waals surface area contributed by atoms with E-state index in [9.17, 15) is 0 Å². The molecule has 0 saturated heterocycles. The summed E-state index contributed by atoms with van der Waals surface area (Å²) >= 11 is 0. The van der Waals surface area contributed by atoms with E-state index in [0.29, 0.717) is 12.1 Å². The number of hydrogen-bond acceptors (Lipinski definition) is 4. The zero-order chi connectivity index (χ0) is 13.7. The van der Waals surface area contributed by atoms with Crippen LogP contribution in [0.4, 0.5) is 11.4 Å². The minimum atomic E-state index is 0.168. The van der Waals surface area contributed by atoms with Gasteiger partial charge in [-0.05, 0) is 48.4 Å². The second-order valence-electron chi connectivity index (χ2n) is 4.40. The molecule has 4 heteroatoms. The molecule has 1 aromatic carbocycles. The molecule has 3 N–H and O–H groups in total. The largest absolute Gasteiger partial charge is 0.398 e. The van der Waals surface area contributed by atoms with Crippen molar-refractivity contribution in [2.24, 2.45) is 0 Å². The minimum Gasteiger partial charge on any atom is -0.398 e. The van der Waals surface area contributed by atoms with Crippen LogP contribution in [-0.2, 0) is 6.42 Å². The van der Waals surface area contributed by atoms with E-state index in [4.69, 9.17) is 11.0 Å². The molecule has 0 aliphatic carbocycles. The molecule has 96 valence electrons. The molecular weight excluding hydrogens is 236 g/mol. The minimum absolute atomic E-state index is 0.168. The average molecular weight is 252 g/mol. The summed E-state index contributed by atoms with van der Waals surface area (Å²) in [5, 5.41) is 12.2. The van der Waals surface area contributed by atoms with Crippen molar-refractivity contribution in [3.05, 3.63) is 53.9 Å². The lowest BCUT2D eigenvalue weighted by atomic mass is 10.1. The van der Waals surface area contributed by atoms with Crippen molar-refractivity contribution in [2.45, 2.75) is 19.4 Å². The van der Waals surface area contributed by atoms with Crippen LogP contribution in [0.2, 0.25) is 0 Å². The fraction of sp³-hybridized carbons (Fsp3) is 0.200. The third-order valence-electron chi connectivity index (χ3n) is 3.00. The van der Waals surface area contributed by atoms with Gasteiger partial charge in [0.15, 0.2) is 0 Å². The third-order valence-corrected chi connectivity index (χ3v) is 3.00. The molecule has 1 aromatic heterocycles. The van der Waals surface area contributed by atoms with E-state index in [0.717, 1.165) is 16.8 Å². The summed E-state index contributed by atoms with van der Waals surface area (Å²) < 4.78 is 0. The topological polar surface area (TPSA) is 74.7 Å². The molecule has 0 fully saturated rings. The van der Waals surface area contributed by atoms with Crippen molar-refractivity contribution in [3.8, 4) is 6.07 Å². The van der Waals surface area contributed by atoms with Crippen LogP contribution in [0.15, 0.2) is 42.7 Å². The number of aromatic nitrogens is 1. The van der Waals surface area contributed by atoms with Gasteiger partial charge in [0.2, 0.25) is 0 Å². The fourth-order valence-electron chi connectivity index (χ4n) is 1.92. The van der Waals surface area contributed by atoms with Crippen LogP contribution >= 0.6 is 0 Å². The molecule has 2 rings (SSSR count). The normalized spacial score (nSPS) is 11.6. The van der Waals surface area contributed by atoms with Crippen LogP contribution in [0.1, 0.15) is 24.1 Å². The Balaban J connectivity index is 2.15. The average Bonchev–Trinajstić information content (AvgIpc) is 2.44. The summed E-state index contributed by atoms with van der Waals surface area (Å²) in [5.41, 5.74) is 9.47. The number of nitrogens with one attached hydrogen (secondary N) is 1. The first-order chi connectivity index (χ1) is 9.20. The predicted molar refractivity (Wildman–Crippen MR) is 76.4 cm³/mol. The third kappa shape index (κ3) is 3.23. The van der Waals surface area contributed by atoms with Crippen LogP contribution in [0.5, 0.6) is 0 Å². The maximum Gasteiger partial charge on any atom is 0.0670 e. The van der Waals surface area contributed by atoms with Crippen LogP contribution in [0, 0.1) is 11.3 Å². The summed E-state index contributed by atoms with van der Waals surface area (Å²) in [6.07, 6.45) is 3.88. The van der Waals surface area contributed by atoms with E-state index in [2.05, 4.69) is 23.3 Å². The number of benzene rings is 1. The van der Waals surface area contributed by atoms with Crippen molar-refractivity contribution in [3.63, 3.8) is 0 Å². The summed E-state index contributed by atoms with van der Waals surface area (Å²) in [4.78, 5) is 4.00. The van der Waals surface area contributed by atoms with Crippen LogP contribution in [0.25, 0.3) is 0 Å². The Morgan fingerprint density at radius 3 is 2.74 bits per heavy atom. The van der Waals surface area contributed by atoms with Gasteiger partial charge in [-0.2, -0.15) is 5.26 Å². The van der Waals surface area contributed by atoms with Gasteiger partial charge in [-0.3, -0.25) is 4.98 Å². The second kappa shape index (κ2) is 5.87. The summed E-state index contributed by atoms with van der Waals surface area (Å²) in [5.74, 6) is 0. The summed E-state index contributed by atoms with van der Waals surface area (Å²) in [6, 6.07) is 11.9. The van der Waals surface area contributed by atoms with Crippen molar-refractivity contribution >= 4 is 11.4 Å². The molecule has 1 unspecified atom stereocenters. The van der Waals surface area contributed by atoms with E-state index in [-0.39, 0.29) is 6.04 Å². The molecule has 2 aromatic rings. The SMILES string of the molecule is CC(Nc1ccc(N)c(CC#N)c1)c1ccncc1. The highest BCUT2D eigenvalue weighted by Gasteiger charge is 2.06. The summed E-state index contributed by atoms with van der Waals surface area (Å²) in [7, 11) is 0. The zero-order valence-corrected chi connectivity index (χ0v) is 10.8. The molecule has 4 nitrogen and oxygen atoms in total. The van der Waals surface area contributed by atoms with Gasteiger partial charge >= 0.3 is 0 Å². The Kier molecular flexibility index (Phi) is 3.99. The Labute approximate surface area is 112 Å². The zero-order valence-electron chi connectivity index (χ0n) is 10.8. The smallest absolute Gasteiger partial charge is 0.0670 e. The van der Waals surface area contributed by atoms with E-state index in [1.54, 1.807) is 12.4 Å². The standard InChI is InChI=1S/C15H16N4/c1-11(12-5-8-18-9-6-12)19-14-2-3-15(17)13(10-14)4-7-16/h2-3,5-6,8-11,19H,4,17H2,1H3. The number of pyridine rings is 1. The van der Waals surface area contributed by atoms with Gasteiger partial charge in [0.25, 0.3) is 0 Å². The maximum atomic E-state index is 8.76. The lowest BCUT2D eigenvalue weighted by Gasteiger charge is -2.16. The monoisotopic (exact) mass is 252 g/mol. The molecule has 0 radical (unpaired) electrons. The predicted octanol–water partition coefficient (Wildman–Crippen LogP) is 2.90.